The van der Waals surface area contributed by atoms with E-state index in [-0.39, 0.29) is 42.4 Å². The fourth-order valence-electron chi connectivity index (χ4n) is 2.95. The summed E-state index contributed by atoms with van der Waals surface area (Å²) >= 11 is 0. The van der Waals surface area contributed by atoms with Crippen LogP contribution in [0.15, 0.2) is 48.5 Å². The molecule has 2 amide bonds. The van der Waals surface area contributed by atoms with Gasteiger partial charge in [0.15, 0.2) is 0 Å². The number of rotatable bonds is 8. The van der Waals surface area contributed by atoms with Crippen molar-refractivity contribution in [3.8, 4) is 0 Å². The number of hydrogen-bond donors (Lipinski definition) is 2. The third-order valence-electron chi connectivity index (χ3n) is 4.62. The van der Waals surface area contributed by atoms with Crippen LogP contribution < -0.4 is 15.5 Å². The molecule has 2 aromatic carbocycles. The zero-order valence-electron chi connectivity index (χ0n) is 16.8. The Balaban J connectivity index is 1.86. The molecule has 6 heteroatoms. The number of benzene rings is 2. The van der Waals surface area contributed by atoms with E-state index in [1.807, 2.05) is 57.1 Å². The summed E-state index contributed by atoms with van der Waals surface area (Å²) in [4.78, 5) is 26.4. The molecule has 0 aromatic heterocycles. The molecule has 2 N–H and O–H groups in total. The number of hydrogen-bond acceptors (Lipinski definition) is 3. The maximum absolute atomic E-state index is 13.1. The number of carbonyl (C=O) groups is 2. The van der Waals surface area contributed by atoms with Crippen molar-refractivity contribution in [2.75, 3.05) is 30.9 Å². The number of nitrogens with zero attached hydrogens (tertiary/aromatic N) is 1. The molecule has 0 saturated carbocycles. The second-order valence-corrected chi connectivity index (χ2v) is 7.37. The maximum Gasteiger partial charge on any atom is 0.243 e. The van der Waals surface area contributed by atoms with E-state index < -0.39 is 0 Å². The molecule has 0 heterocycles. The van der Waals surface area contributed by atoms with Crippen LogP contribution in [0.3, 0.4) is 0 Å². The van der Waals surface area contributed by atoms with Gasteiger partial charge in [0, 0.05) is 31.9 Å². The maximum atomic E-state index is 13.1. The quantitative estimate of drug-likeness (QED) is 0.727. The van der Waals surface area contributed by atoms with E-state index in [1.165, 1.54) is 12.1 Å². The van der Waals surface area contributed by atoms with Gasteiger partial charge in [0.2, 0.25) is 11.8 Å². The molecule has 5 nitrogen and oxygen atoms in total. The van der Waals surface area contributed by atoms with Crippen molar-refractivity contribution in [1.82, 2.24) is 5.32 Å². The lowest BCUT2D eigenvalue weighted by Crippen LogP contribution is -2.34. The normalized spacial score (nSPS) is 11.8. The molecule has 1 unspecified atom stereocenters. The van der Waals surface area contributed by atoms with E-state index in [0.717, 1.165) is 11.3 Å². The second-order valence-electron chi connectivity index (χ2n) is 7.37. The molecule has 0 aliphatic carbocycles. The summed E-state index contributed by atoms with van der Waals surface area (Å²) < 4.78 is 13.1. The molecule has 0 aliphatic rings. The number of anilines is 2. The van der Waals surface area contributed by atoms with Crippen LogP contribution in [-0.4, -0.2) is 32.5 Å². The predicted molar refractivity (Wildman–Crippen MR) is 111 cm³/mol. The van der Waals surface area contributed by atoms with Crippen molar-refractivity contribution in [3.05, 3.63) is 59.9 Å². The lowest BCUT2D eigenvalue weighted by atomic mass is 9.85. The average molecular weight is 385 g/mol. The predicted octanol–water partition coefficient (Wildman–Crippen LogP) is 3.78. The molecular formula is C22H28FN3O2. The third-order valence-corrected chi connectivity index (χ3v) is 4.62. The number of carbonyl (C=O) groups excluding carboxylic acids is 2. The van der Waals surface area contributed by atoms with Crippen LogP contribution in [0.2, 0.25) is 0 Å². The summed E-state index contributed by atoms with van der Waals surface area (Å²) in [5, 5.41) is 5.43. The fraction of sp³-hybridized carbons (Fsp3) is 0.364. The Bertz CT molecular complexity index is 786. The monoisotopic (exact) mass is 385 g/mol. The summed E-state index contributed by atoms with van der Waals surface area (Å²) in [5.74, 6) is -0.622. The highest BCUT2D eigenvalue weighted by Gasteiger charge is 2.20. The largest absolute Gasteiger partial charge is 0.378 e. The summed E-state index contributed by atoms with van der Waals surface area (Å²) in [6, 6.07) is 13.7. The van der Waals surface area contributed by atoms with Crippen LogP contribution in [0.1, 0.15) is 31.7 Å². The minimum absolute atomic E-state index is 0.0396. The zero-order valence-corrected chi connectivity index (χ0v) is 16.8. The van der Waals surface area contributed by atoms with Gasteiger partial charge >= 0.3 is 0 Å². The first-order valence-corrected chi connectivity index (χ1v) is 9.35. The van der Waals surface area contributed by atoms with Crippen LogP contribution in [0.5, 0.6) is 0 Å². The lowest BCUT2D eigenvalue weighted by Gasteiger charge is -2.21. The van der Waals surface area contributed by atoms with Gasteiger partial charge in [-0.1, -0.05) is 26.0 Å². The molecule has 0 spiro atoms. The fourth-order valence-corrected chi connectivity index (χ4v) is 2.95. The van der Waals surface area contributed by atoms with E-state index in [9.17, 15) is 14.0 Å². The summed E-state index contributed by atoms with van der Waals surface area (Å²) in [5.41, 5.74) is 2.63. The summed E-state index contributed by atoms with van der Waals surface area (Å²) in [6.45, 7) is 3.94. The van der Waals surface area contributed by atoms with Gasteiger partial charge in [-0.2, -0.15) is 0 Å². The molecule has 28 heavy (non-hydrogen) atoms. The molecular weight excluding hydrogens is 357 g/mol. The Morgan fingerprint density at radius 3 is 2.11 bits per heavy atom. The molecule has 0 aliphatic heterocycles. The first-order valence-electron chi connectivity index (χ1n) is 9.35. The molecule has 0 fully saturated rings. The summed E-state index contributed by atoms with van der Waals surface area (Å²) in [7, 11) is 3.89. The van der Waals surface area contributed by atoms with Gasteiger partial charge in [-0.3, -0.25) is 9.59 Å². The van der Waals surface area contributed by atoms with E-state index >= 15 is 0 Å². The standard InChI is InChI=1S/C22H28FN3O2/c1-15(2)20(16-5-7-17(23)8-6-16)13-21(27)24-14-22(28)25-18-9-11-19(12-10-18)26(3)4/h5-12,15,20H,13-14H2,1-4H3,(H,24,27)(H,25,28). The topological polar surface area (TPSA) is 61.4 Å². The second kappa shape index (κ2) is 9.88. The van der Waals surface area contributed by atoms with Gasteiger partial charge in [-0.05, 0) is 53.8 Å². The Morgan fingerprint density at radius 2 is 1.57 bits per heavy atom. The molecule has 0 saturated heterocycles. The minimum atomic E-state index is -0.300. The van der Waals surface area contributed by atoms with Crippen molar-refractivity contribution < 1.29 is 14.0 Å². The third kappa shape index (κ3) is 6.37. The van der Waals surface area contributed by atoms with E-state index in [1.54, 1.807) is 12.1 Å². The van der Waals surface area contributed by atoms with E-state index in [4.69, 9.17) is 0 Å². The van der Waals surface area contributed by atoms with Gasteiger partial charge in [-0.25, -0.2) is 4.39 Å². The highest BCUT2D eigenvalue weighted by Crippen LogP contribution is 2.28. The van der Waals surface area contributed by atoms with Gasteiger partial charge in [-0.15, -0.1) is 0 Å². The smallest absolute Gasteiger partial charge is 0.243 e. The first-order chi connectivity index (χ1) is 13.3. The van der Waals surface area contributed by atoms with Crippen molar-refractivity contribution in [1.29, 1.82) is 0 Å². The Labute approximate surface area is 165 Å². The number of amides is 2. The lowest BCUT2D eigenvalue weighted by molar-refractivity contribution is -0.124. The Kier molecular flexibility index (Phi) is 7.55. The Morgan fingerprint density at radius 1 is 0.964 bits per heavy atom. The average Bonchev–Trinajstić information content (AvgIpc) is 2.65. The molecule has 150 valence electrons. The number of nitrogens with one attached hydrogen (secondary N) is 2. The molecule has 0 bridgehead atoms. The van der Waals surface area contributed by atoms with Crippen molar-refractivity contribution in [2.24, 2.45) is 5.92 Å². The highest BCUT2D eigenvalue weighted by atomic mass is 19.1. The molecule has 2 aromatic rings. The SMILES string of the molecule is CC(C)C(CC(=O)NCC(=O)Nc1ccc(N(C)C)cc1)c1ccc(F)cc1. The molecule has 2 rings (SSSR count). The number of halogens is 1. The van der Waals surface area contributed by atoms with Gasteiger partial charge in [0.25, 0.3) is 0 Å². The van der Waals surface area contributed by atoms with Gasteiger partial charge < -0.3 is 15.5 Å². The minimum Gasteiger partial charge on any atom is -0.378 e. The summed E-state index contributed by atoms with van der Waals surface area (Å²) in [6.07, 6.45) is 0.244. The molecule has 1 atom stereocenters. The van der Waals surface area contributed by atoms with Crippen molar-refractivity contribution in [2.45, 2.75) is 26.2 Å². The van der Waals surface area contributed by atoms with Crippen LogP contribution in [0, 0.1) is 11.7 Å². The van der Waals surface area contributed by atoms with Crippen LogP contribution in [0.25, 0.3) is 0 Å². The highest BCUT2D eigenvalue weighted by molar-refractivity contribution is 5.94. The van der Waals surface area contributed by atoms with Gasteiger partial charge in [0.05, 0.1) is 6.54 Å². The van der Waals surface area contributed by atoms with Crippen LogP contribution >= 0.6 is 0 Å². The molecule has 0 radical (unpaired) electrons. The zero-order chi connectivity index (χ0) is 20.7. The van der Waals surface area contributed by atoms with Gasteiger partial charge in [0.1, 0.15) is 5.82 Å². The van der Waals surface area contributed by atoms with Crippen LogP contribution in [-0.2, 0) is 9.59 Å². The van der Waals surface area contributed by atoms with Crippen LogP contribution in [0.4, 0.5) is 15.8 Å². The first kappa shape index (κ1) is 21.4. The van der Waals surface area contributed by atoms with Crippen molar-refractivity contribution >= 4 is 23.2 Å². The van der Waals surface area contributed by atoms with Crippen molar-refractivity contribution in [3.63, 3.8) is 0 Å². The van der Waals surface area contributed by atoms with E-state index in [2.05, 4.69) is 10.6 Å². The van der Waals surface area contributed by atoms with E-state index in [0.29, 0.717) is 5.69 Å². The Hall–Kier alpha value is -2.89.